The third-order valence-electron chi connectivity index (χ3n) is 5.98. The predicted octanol–water partition coefficient (Wildman–Crippen LogP) is 4.29. The van der Waals surface area contributed by atoms with Crippen LogP contribution in [0.4, 0.5) is 4.79 Å². The van der Waals surface area contributed by atoms with Crippen LogP contribution in [0.25, 0.3) is 11.1 Å². The van der Waals surface area contributed by atoms with Crippen LogP contribution in [0.15, 0.2) is 61.2 Å². The maximum Gasteiger partial charge on any atom is 0.408 e. The van der Waals surface area contributed by atoms with Crippen LogP contribution in [0.2, 0.25) is 0 Å². The molecule has 7 heteroatoms. The first-order valence-corrected chi connectivity index (χ1v) is 10.2. The molecule has 0 aliphatic heterocycles. The van der Waals surface area contributed by atoms with E-state index in [4.69, 9.17) is 9.47 Å². The molecule has 2 aromatic rings. The molecule has 0 unspecified atom stereocenters. The molecule has 1 saturated carbocycles. The van der Waals surface area contributed by atoms with Crippen LogP contribution >= 0.6 is 13.5 Å². The zero-order chi connectivity index (χ0) is 21.1. The van der Waals surface area contributed by atoms with Gasteiger partial charge in [-0.3, -0.25) is 0 Å². The molecule has 1 fully saturated rings. The Morgan fingerprint density at radius 1 is 1.09 bits per heavy atom. The number of hydrogen-bond acceptors (Lipinski definition) is 5. The average molecular weight is 458 g/mol. The van der Waals surface area contributed by atoms with Crippen molar-refractivity contribution in [1.82, 2.24) is 5.32 Å². The number of benzene rings is 2. The van der Waals surface area contributed by atoms with Gasteiger partial charge in [-0.2, -0.15) is 13.5 Å². The van der Waals surface area contributed by atoms with Crippen molar-refractivity contribution in [2.45, 2.75) is 44.2 Å². The third kappa shape index (κ3) is 4.54. The molecular formula is C25H31NO5S. The SMILES string of the molecule is C.C=CCOC(=O)[C@@]1(NC(=O)OCC2c3ccccc3-c3ccccc32)CCC[C@@H]1O.S. The molecule has 2 aromatic carbocycles. The highest BCUT2D eigenvalue weighted by Gasteiger charge is 2.51. The van der Waals surface area contributed by atoms with Crippen LogP contribution in [0.1, 0.15) is 43.7 Å². The quantitative estimate of drug-likeness (QED) is 0.499. The summed E-state index contributed by atoms with van der Waals surface area (Å²) in [4.78, 5) is 25.2. The number of amides is 1. The summed E-state index contributed by atoms with van der Waals surface area (Å²) in [6.45, 7) is 3.67. The highest BCUT2D eigenvalue weighted by Crippen LogP contribution is 2.44. The summed E-state index contributed by atoms with van der Waals surface area (Å²) >= 11 is 0. The van der Waals surface area contributed by atoms with Crippen molar-refractivity contribution >= 4 is 25.6 Å². The number of nitrogens with one attached hydrogen (secondary N) is 1. The molecule has 2 atom stereocenters. The minimum Gasteiger partial charge on any atom is -0.460 e. The summed E-state index contributed by atoms with van der Waals surface area (Å²) in [5.74, 6) is -0.749. The minimum atomic E-state index is -1.48. The van der Waals surface area contributed by atoms with Crippen LogP contribution in [0, 0.1) is 0 Å². The lowest BCUT2D eigenvalue weighted by molar-refractivity contribution is -0.154. The van der Waals surface area contributed by atoms with Crippen molar-refractivity contribution < 1.29 is 24.2 Å². The third-order valence-corrected chi connectivity index (χ3v) is 5.98. The number of rotatable bonds is 6. The molecule has 0 bridgehead atoms. The Hall–Kier alpha value is -2.77. The van der Waals surface area contributed by atoms with Crippen molar-refractivity contribution in [2.24, 2.45) is 0 Å². The van der Waals surface area contributed by atoms with Crippen molar-refractivity contribution in [3.8, 4) is 11.1 Å². The standard InChI is InChI=1S/C24H25NO5.CH4.H2S/c1-2-14-29-22(27)24(13-7-12-21(24)26)25-23(28)30-15-20-18-10-5-3-8-16(18)17-9-4-6-11-19(17)20;;/h2-6,8-11,20-21,26H,1,7,12-15H2,(H,25,28);1H4;1H2/t21-,24+;;/m0../s1. The first-order valence-electron chi connectivity index (χ1n) is 10.2. The van der Waals surface area contributed by atoms with Gasteiger partial charge in [-0.15, -0.1) is 0 Å². The number of alkyl carbamates (subject to hydrolysis) is 1. The van der Waals surface area contributed by atoms with Crippen LogP contribution in [0.5, 0.6) is 0 Å². The molecule has 4 rings (SSSR count). The molecular weight excluding hydrogens is 426 g/mol. The van der Waals surface area contributed by atoms with Gasteiger partial charge in [0.1, 0.15) is 13.2 Å². The topological polar surface area (TPSA) is 84.9 Å². The number of fused-ring (bicyclic) bond motifs is 3. The van der Waals surface area contributed by atoms with Crippen LogP contribution in [-0.2, 0) is 14.3 Å². The van der Waals surface area contributed by atoms with Gasteiger partial charge < -0.3 is 19.9 Å². The molecule has 6 nitrogen and oxygen atoms in total. The van der Waals surface area contributed by atoms with Crippen LogP contribution in [0.3, 0.4) is 0 Å². The van der Waals surface area contributed by atoms with Crippen molar-refractivity contribution in [3.05, 3.63) is 72.3 Å². The van der Waals surface area contributed by atoms with E-state index in [2.05, 4.69) is 24.0 Å². The van der Waals surface area contributed by atoms with Gasteiger partial charge in [0.25, 0.3) is 0 Å². The Kier molecular flexibility index (Phi) is 8.52. The second-order valence-electron chi connectivity index (χ2n) is 7.72. The van der Waals surface area contributed by atoms with Gasteiger partial charge in [0.15, 0.2) is 5.54 Å². The molecule has 0 radical (unpaired) electrons. The van der Waals surface area contributed by atoms with Crippen molar-refractivity contribution in [2.75, 3.05) is 13.2 Å². The summed E-state index contributed by atoms with van der Waals surface area (Å²) in [7, 11) is 0. The first kappa shape index (κ1) is 25.5. The molecule has 32 heavy (non-hydrogen) atoms. The van der Waals surface area contributed by atoms with E-state index in [-0.39, 0.29) is 40.1 Å². The van der Waals surface area contributed by atoms with E-state index in [1.165, 1.54) is 6.08 Å². The molecule has 0 heterocycles. The fourth-order valence-electron chi connectivity index (χ4n) is 4.50. The number of carbonyl (C=O) groups is 2. The summed E-state index contributed by atoms with van der Waals surface area (Å²) in [5.41, 5.74) is 3.00. The highest BCUT2D eigenvalue weighted by atomic mass is 32.1. The van der Waals surface area contributed by atoms with E-state index in [0.29, 0.717) is 19.3 Å². The lowest BCUT2D eigenvalue weighted by atomic mass is 9.95. The van der Waals surface area contributed by atoms with Gasteiger partial charge in [0, 0.05) is 5.92 Å². The molecule has 2 N–H and O–H groups in total. The lowest BCUT2D eigenvalue weighted by Gasteiger charge is -2.30. The fourth-order valence-corrected chi connectivity index (χ4v) is 4.50. The predicted molar refractivity (Wildman–Crippen MR) is 129 cm³/mol. The zero-order valence-corrected chi connectivity index (χ0v) is 18.2. The van der Waals surface area contributed by atoms with Gasteiger partial charge in [-0.1, -0.05) is 68.6 Å². The van der Waals surface area contributed by atoms with Gasteiger partial charge in [-0.05, 0) is 41.5 Å². The van der Waals surface area contributed by atoms with Crippen molar-refractivity contribution in [1.29, 1.82) is 0 Å². The fraction of sp³-hybridized carbons (Fsp3) is 0.360. The Balaban J connectivity index is 0.00000181. The van der Waals surface area contributed by atoms with Crippen molar-refractivity contribution in [3.63, 3.8) is 0 Å². The smallest absolute Gasteiger partial charge is 0.408 e. The minimum absolute atomic E-state index is 0. The molecule has 0 aromatic heterocycles. The molecule has 2 aliphatic rings. The van der Waals surface area contributed by atoms with E-state index >= 15 is 0 Å². The normalized spacial score (nSPS) is 20.7. The maximum absolute atomic E-state index is 12.6. The van der Waals surface area contributed by atoms with Crippen LogP contribution < -0.4 is 5.32 Å². The number of aliphatic hydroxyl groups excluding tert-OH is 1. The van der Waals surface area contributed by atoms with E-state index in [0.717, 1.165) is 22.3 Å². The summed E-state index contributed by atoms with van der Waals surface area (Å²) in [6.07, 6.45) is 0.999. The Morgan fingerprint density at radius 3 is 2.22 bits per heavy atom. The number of ether oxygens (including phenoxy) is 2. The maximum atomic E-state index is 12.6. The number of aliphatic hydroxyl groups is 1. The molecule has 2 aliphatic carbocycles. The summed E-state index contributed by atoms with van der Waals surface area (Å²) < 4.78 is 10.7. The second kappa shape index (κ2) is 10.7. The van der Waals surface area contributed by atoms with E-state index in [9.17, 15) is 14.7 Å². The van der Waals surface area contributed by atoms with Gasteiger partial charge in [0.05, 0.1) is 6.10 Å². The van der Waals surface area contributed by atoms with Gasteiger partial charge >= 0.3 is 12.1 Å². The van der Waals surface area contributed by atoms with E-state index < -0.39 is 23.7 Å². The van der Waals surface area contributed by atoms with E-state index in [1.807, 2.05) is 36.4 Å². The largest absolute Gasteiger partial charge is 0.460 e. The number of esters is 1. The average Bonchev–Trinajstić information content (AvgIpc) is 3.29. The molecule has 1 amide bonds. The summed E-state index contributed by atoms with van der Waals surface area (Å²) in [6, 6.07) is 16.1. The van der Waals surface area contributed by atoms with Gasteiger partial charge in [-0.25, -0.2) is 9.59 Å². The van der Waals surface area contributed by atoms with Crippen LogP contribution in [-0.4, -0.2) is 42.0 Å². The monoisotopic (exact) mass is 457 g/mol. The lowest BCUT2D eigenvalue weighted by Crippen LogP contribution is -2.60. The van der Waals surface area contributed by atoms with E-state index in [1.54, 1.807) is 0 Å². The second-order valence-corrected chi connectivity index (χ2v) is 7.72. The number of carbonyl (C=O) groups excluding carboxylic acids is 2. The molecule has 0 saturated heterocycles. The Labute approximate surface area is 196 Å². The highest BCUT2D eigenvalue weighted by molar-refractivity contribution is 7.59. The Morgan fingerprint density at radius 2 is 1.69 bits per heavy atom. The molecule has 0 spiro atoms. The molecule has 172 valence electrons. The number of hydrogen-bond donors (Lipinski definition) is 2. The summed E-state index contributed by atoms with van der Waals surface area (Å²) in [5, 5.41) is 13.0. The first-order chi connectivity index (χ1) is 14.6. The van der Waals surface area contributed by atoms with Gasteiger partial charge in [0.2, 0.25) is 0 Å². The Bertz CT molecular complexity index is 933. The zero-order valence-electron chi connectivity index (χ0n) is 17.2.